The van der Waals surface area contributed by atoms with E-state index in [4.69, 9.17) is 0 Å². The Kier molecular flexibility index (Phi) is 7.26. The van der Waals surface area contributed by atoms with Crippen LogP contribution in [0, 0.1) is 0 Å². The Balaban J connectivity index is 3.27. The average molecular weight is 158 g/mol. The quantitative estimate of drug-likeness (QED) is 0.548. The molecule has 0 aromatic rings. The van der Waals surface area contributed by atoms with Gasteiger partial charge in [-0.2, -0.15) is 0 Å². The molecule has 0 aliphatic rings. The Morgan fingerprint density at radius 2 is 2.10 bits per heavy atom. The van der Waals surface area contributed by atoms with Crippen molar-refractivity contribution in [3.05, 3.63) is 11.0 Å². The minimum atomic E-state index is 1.20. The van der Waals surface area contributed by atoms with Crippen LogP contribution in [-0.2, 0) is 0 Å². The Bertz CT molecular complexity index is 94.9. The molecule has 0 aromatic heterocycles. The Labute approximate surface area is 69.1 Å². The second-order valence-electron chi connectivity index (χ2n) is 2.31. The monoisotopic (exact) mass is 158 g/mol. The van der Waals surface area contributed by atoms with Gasteiger partial charge >= 0.3 is 0 Å². The first-order chi connectivity index (χ1) is 4.85. The van der Waals surface area contributed by atoms with E-state index in [9.17, 15) is 0 Å². The smallest absolute Gasteiger partial charge is 0.00235 e. The Hall–Kier alpha value is 0.0900. The highest BCUT2D eigenvalue weighted by Gasteiger charge is 1.91. The highest BCUT2D eigenvalue weighted by atomic mass is 32.2. The molecule has 10 heavy (non-hydrogen) atoms. The first-order valence-electron chi connectivity index (χ1n) is 4.13. The predicted molar refractivity (Wildman–Crippen MR) is 51.4 cm³/mol. The molecule has 0 saturated heterocycles. The molecule has 0 aromatic carbocycles. The van der Waals surface area contributed by atoms with Crippen LogP contribution in [0.3, 0.4) is 0 Å². The molecule has 0 radical (unpaired) electrons. The van der Waals surface area contributed by atoms with Crippen molar-refractivity contribution in [2.24, 2.45) is 0 Å². The second-order valence-corrected chi connectivity index (χ2v) is 3.53. The second kappa shape index (κ2) is 7.20. The van der Waals surface area contributed by atoms with Crippen molar-refractivity contribution in [2.45, 2.75) is 40.0 Å². The van der Waals surface area contributed by atoms with Gasteiger partial charge in [-0.1, -0.05) is 26.3 Å². The summed E-state index contributed by atoms with van der Waals surface area (Å²) >= 11 is 2.01. The van der Waals surface area contributed by atoms with Gasteiger partial charge in [0.1, 0.15) is 0 Å². The van der Waals surface area contributed by atoms with Gasteiger partial charge < -0.3 is 0 Å². The number of rotatable bonds is 5. The van der Waals surface area contributed by atoms with Crippen LogP contribution in [0.5, 0.6) is 0 Å². The normalized spacial score (nSPS) is 12.1. The van der Waals surface area contributed by atoms with E-state index in [0.717, 1.165) is 0 Å². The van der Waals surface area contributed by atoms with Gasteiger partial charge in [0.15, 0.2) is 0 Å². The minimum Gasteiger partial charge on any atom is -0.131 e. The van der Waals surface area contributed by atoms with Crippen LogP contribution in [0.15, 0.2) is 11.0 Å². The van der Waals surface area contributed by atoms with E-state index in [2.05, 4.69) is 26.8 Å². The predicted octanol–water partition coefficient (Wildman–Crippen LogP) is 3.83. The van der Waals surface area contributed by atoms with Gasteiger partial charge in [-0.05, 0) is 30.4 Å². The molecule has 1 heteroatoms. The molecule has 0 nitrogen and oxygen atoms in total. The number of allylic oxidation sites excluding steroid dienone is 2. The lowest BCUT2D eigenvalue weighted by Gasteiger charge is -2.00. The van der Waals surface area contributed by atoms with Gasteiger partial charge in [0.2, 0.25) is 0 Å². The first-order valence-corrected chi connectivity index (χ1v) is 5.11. The van der Waals surface area contributed by atoms with Crippen LogP contribution in [0.4, 0.5) is 0 Å². The summed E-state index contributed by atoms with van der Waals surface area (Å²) in [5.41, 5.74) is 0. The maximum atomic E-state index is 2.24. The van der Waals surface area contributed by atoms with Crippen LogP contribution in [-0.4, -0.2) is 5.75 Å². The first kappa shape index (κ1) is 10.1. The van der Waals surface area contributed by atoms with Crippen LogP contribution in [0.25, 0.3) is 0 Å². The average Bonchev–Trinajstić information content (AvgIpc) is 1.99. The molecule has 0 N–H and O–H groups in total. The maximum absolute atomic E-state index is 2.24. The van der Waals surface area contributed by atoms with Gasteiger partial charge in [-0.15, -0.1) is 11.8 Å². The van der Waals surface area contributed by atoms with Crippen molar-refractivity contribution in [1.82, 2.24) is 0 Å². The summed E-state index contributed by atoms with van der Waals surface area (Å²) in [5.74, 6) is 1.30. The number of unbranched alkanes of at least 4 members (excludes halogenated alkanes) is 1. The molecule has 0 spiro atoms. The summed E-state index contributed by atoms with van der Waals surface area (Å²) in [6.45, 7) is 6.58. The van der Waals surface area contributed by atoms with Gasteiger partial charge in [0.05, 0.1) is 0 Å². The molecule has 0 aliphatic carbocycles. The lowest BCUT2D eigenvalue weighted by molar-refractivity contribution is 0.896. The lowest BCUT2D eigenvalue weighted by atomic mass is 10.4. The standard InChI is InChI=1S/C9H18S/c1-4-7-8-10-9(5-2)6-3/h5H,4,6-8H2,1-3H3/b9-5-. The van der Waals surface area contributed by atoms with Gasteiger partial charge in [-0.3, -0.25) is 0 Å². The summed E-state index contributed by atoms with van der Waals surface area (Å²) in [4.78, 5) is 1.54. The lowest BCUT2D eigenvalue weighted by Crippen LogP contribution is -1.79. The van der Waals surface area contributed by atoms with Crippen LogP contribution in [0.1, 0.15) is 40.0 Å². The minimum absolute atomic E-state index is 1.20. The van der Waals surface area contributed by atoms with Crippen molar-refractivity contribution < 1.29 is 0 Å². The number of hydrogen-bond acceptors (Lipinski definition) is 1. The maximum Gasteiger partial charge on any atom is -0.00235 e. The molecule has 0 fully saturated rings. The molecule has 0 atom stereocenters. The summed E-state index contributed by atoms with van der Waals surface area (Å²) < 4.78 is 0. The third-order valence-corrected chi connectivity index (χ3v) is 2.84. The van der Waals surface area contributed by atoms with E-state index < -0.39 is 0 Å². The zero-order valence-electron chi connectivity index (χ0n) is 7.31. The number of hydrogen-bond donors (Lipinski definition) is 0. The Morgan fingerprint density at radius 1 is 1.40 bits per heavy atom. The summed E-state index contributed by atoms with van der Waals surface area (Å²) in [6.07, 6.45) is 6.08. The molecule has 0 heterocycles. The molecule has 0 unspecified atom stereocenters. The largest absolute Gasteiger partial charge is 0.131 e. The van der Waals surface area contributed by atoms with Crippen LogP contribution in [0.2, 0.25) is 0 Å². The molecule has 0 aliphatic heterocycles. The summed E-state index contributed by atoms with van der Waals surface area (Å²) in [7, 11) is 0. The fraction of sp³-hybridized carbons (Fsp3) is 0.778. The topological polar surface area (TPSA) is 0 Å². The molecular weight excluding hydrogens is 140 g/mol. The van der Waals surface area contributed by atoms with Gasteiger partial charge in [0.25, 0.3) is 0 Å². The van der Waals surface area contributed by atoms with E-state index in [1.165, 1.54) is 29.9 Å². The van der Waals surface area contributed by atoms with E-state index in [1.807, 2.05) is 11.8 Å². The van der Waals surface area contributed by atoms with E-state index in [-0.39, 0.29) is 0 Å². The molecule has 0 amide bonds. The van der Waals surface area contributed by atoms with Crippen molar-refractivity contribution in [3.8, 4) is 0 Å². The SMILES string of the molecule is C/C=C(/CC)SCCCC. The van der Waals surface area contributed by atoms with E-state index >= 15 is 0 Å². The molecule has 0 saturated carbocycles. The van der Waals surface area contributed by atoms with Crippen LogP contribution >= 0.6 is 11.8 Å². The Morgan fingerprint density at radius 3 is 2.50 bits per heavy atom. The highest BCUT2D eigenvalue weighted by molar-refractivity contribution is 8.03. The van der Waals surface area contributed by atoms with Crippen molar-refractivity contribution in [2.75, 3.05) is 5.75 Å². The summed E-state index contributed by atoms with van der Waals surface area (Å²) in [6, 6.07) is 0. The van der Waals surface area contributed by atoms with Crippen LogP contribution < -0.4 is 0 Å². The third-order valence-electron chi connectivity index (χ3n) is 1.46. The third kappa shape index (κ3) is 4.92. The van der Waals surface area contributed by atoms with E-state index in [0.29, 0.717) is 0 Å². The molecule has 60 valence electrons. The fourth-order valence-corrected chi connectivity index (χ4v) is 1.80. The molecular formula is C9H18S. The van der Waals surface area contributed by atoms with Crippen molar-refractivity contribution in [3.63, 3.8) is 0 Å². The zero-order chi connectivity index (χ0) is 7.82. The highest BCUT2D eigenvalue weighted by Crippen LogP contribution is 2.19. The van der Waals surface area contributed by atoms with Gasteiger partial charge in [0, 0.05) is 0 Å². The summed E-state index contributed by atoms with van der Waals surface area (Å²) in [5, 5.41) is 0. The zero-order valence-corrected chi connectivity index (χ0v) is 8.13. The fourth-order valence-electron chi connectivity index (χ4n) is 0.737. The van der Waals surface area contributed by atoms with Gasteiger partial charge in [-0.25, -0.2) is 0 Å². The van der Waals surface area contributed by atoms with E-state index in [1.54, 1.807) is 0 Å². The molecule has 0 bridgehead atoms. The molecule has 0 rings (SSSR count). The van der Waals surface area contributed by atoms with Crippen molar-refractivity contribution in [1.29, 1.82) is 0 Å². The number of thioether (sulfide) groups is 1. The van der Waals surface area contributed by atoms with Crippen molar-refractivity contribution >= 4 is 11.8 Å².